The van der Waals surface area contributed by atoms with Gasteiger partial charge in [0.2, 0.25) is 0 Å². The summed E-state index contributed by atoms with van der Waals surface area (Å²) in [5.74, 6) is -0.946. The van der Waals surface area contributed by atoms with Gasteiger partial charge >= 0.3 is 5.97 Å². The second kappa shape index (κ2) is 5.59. The predicted octanol–water partition coefficient (Wildman–Crippen LogP) is 2.85. The summed E-state index contributed by atoms with van der Waals surface area (Å²) >= 11 is 0. The van der Waals surface area contributed by atoms with Crippen LogP contribution in [0.3, 0.4) is 0 Å². The molecule has 0 saturated heterocycles. The van der Waals surface area contributed by atoms with Crippen molar-refractivity contribution in [2.24, 2.45) is 0 Å². The number of nitrogens with zero attached hydrogens (tertiary/aromatic N) is 1. The number of aliphatic carboxylic acids is 1. The molecule has 5 nitrogen and oxygen atoms in total. The molecule has 0 spiro atoms. The van der Waals surface area contributed by atoms with Crippen LogP contribution in [0.1, 0.15) is 43.9 Å². The van der Waals surface area contributed by atoms with Crippen molar-refractivity contribution < 1.29 is 19.8 Å². The van der Waals surface area contributed by atoms with Crippen molar-refractivity contribution in [1.29, 1.82) is 0 Å². The third kappa shape index (κ3) is 2.14. The molecule has 0 bridgehead atoms. The summed E-state index contributed by atoms with van der Waals surface area (Å²) in [6, 6.07) is 7.54. The Hall–Kier alpha value is -2.11. The summed E-state index contributed by atoms with van der Waals surface area (Å²) < 4.78 is 0. The number of hydroxylamine groups is 2. The maximum atomic E-state index is 11.6. The van der Waals surface area contributed by atoms with E-state index >= 15 is 0 Å². The Bertz CT molecular complexity index is 677. The third-order valence-corrected chi connectivity index (χ3v) is 4.14. The van der Waals surface area contributed by atoms with Crippen LogP contribution in [0.2, 0.25) is 0 Å². The van der Waals surface area contributed by atoms with Gasteiger partial charge in [-0.3, -0.25) is 4.84 Å². The van der Waals surface area contributed by atoms with E-state index in [1.54, 1.807) is 11.1 Å². The first-order valence-electron chi connectivity index (χ1n) is 7.50. The standard InChI is InChI=1S/C17H19NO4/c1-3-12-16(17(20)21)15(4-2)22-18(12)13-9-14(19)11-8-6-5-7-10(11)13/h5-9,14-15,19H,3-4H2,1-2H3,(H,20,21). The van der Waals surface area contributed by atoms with E-state index in [9.17, 15) is 15.0 Å². The van der Waals surface area contributed by atoms with Crippen LogP contribution in [-0.4, -0.2) is 27.3 Å². The molecule has 3 rings (SSSR count). The molecule has 2 unspecified atom stereocenters. The highest BCUT2D eigenvalue weighted by atomic mass is 16.7. The minimum Gasteiger partial charge on any atom is -0.478 e. The van der Waals surface area contributed by atoms with Crippen molar-refractivity contribution in [2.45, 2.75) is 38.9 Å². The lowest BCUT2D eigenvalue weighted by molar-refractivity contribution is -0.135. The SMILES string of the molecule is CCC1=C(C(=O)O)C(CC)ON1C1=CC(O)c2ccccc21. The predicted molar refractivity (Wildman–Crippen MR) is 81.3 cm³/mol. The summed E-state index contributed by atoms with van der Waals surface area (Å²) in [6.07, 6.45) is 1.69. The van der Waals surface area contributed by atoms with Crippen molar-refractivity contribution in [3.8, 4) is 0 Å². The molecule has 0 saturated carbocycles. The molecule has 0 amide bonds. The lowest BCUT2D eigenvalue weighted by atomic mass is 10.0. The largest absolute Gasteiger partial charge is 0.478 e. The lowest BCUT2D eigenvalue weighted by Gasteiger charge is -2.23. The number of allylic oxidation sites excluding steroid dienone is 1. The van der Waals surface area contributed by atoms with Gasteiger partial charge in [0.25, 0.3) is 0 Å². The van der Waals surface area contributed by atoms with Crippen LogP contribution in [0, 0.1) is 0 Å². The third-order valence-electron chi connectivity index (χ3n) is 4.14. The Morgan fingerprint density at radius 2 is 2.05 bits per heavy atom. The van der Waals surface area contributed by atoms with E-state index in [4.69, 9.17) is 4.84 Å². The van der Waals surface area contributed by atoms with E-state index in [2.05, 4.69) is 0 Å². The highest BCUT2D eigenvalue weighted by Gasteiger charge is 2.39. The maximum Gasteiger partial charge on any atom is 0.336 e. The lowest BCUT2D eigenvalue weighted by Crippen LogP contribution is -2.20. The fraction of sp³-hybridized carbons (Fsp3) is 0.353. The molecule has 1 aromatic carbocycles. The van der Waals surface area contributed by atoms with Gasteiger partial charge in [-0.2, -0.15) is 0 Å². The van der Waals surface area contributed by atoms with Gasteiger partial charge in [-0.05, 0) is 24.5 Å². The van der Waals surface area contributed by atoms with Crippen LogP contribution in [0.25, 0.3) is 5.70 Å². The van der Waals surface area contributed by atoms with Crippen molar-refractivity contribution in [3.05, 3.63) is 52.7 Å². The van der Waals surface area contributed by atoms with Gasteiger partial charge in [-0.1, -0.05) is 38.1 Å². The molecule has 0 fully saturated rings. The molecule has 2 N–H and O–H groups in total. The van der Waals surface area contributed by atoms with Crippen LogP contribution >= 0.6 is 0 Å². The average Bonchev–Trinajstić information content (AvgIpc) is 3.05. The number of carboxylic acid groups (broad SMARTS) is 1. The van der Waals surface area contributed by atoms with E-state index in [0.29, 0.717) is 24.1 Å². The Morgan fingerprint density at radius 3 is 2.68 bits per heavy atom. The number of hydrogen-bond acceptors (Lipinski definition) is 4. The summed E-state index contributed by atoms with van der Waals surface area (Å²) in [4.78, 5) is 17.5. The fourth-order valence-electron chi connectivity index (χ4n) is 3.11. The zero-order valence-corrected chi connectivity index (χ0v) is 12.6. The van der Waals surface area contributed by atoms with E-state index in [0.717, 1.165) is 16.8 Å². The first-order chi connectivity index (χ1) is 10.6. The van der Waals surface area contributed by atoms with Gasteiger partial charge in [-0.15, -0.1) is 0 Å². The molecule has 0 radical (unpaired) electrons. The Kier molecular flexibility index (Phi) is 3.76. The van der Waals surface area contributed by atoms with Gasteiger partial charge < -0.3 is 10.2 Å². The van der Waals surface area contributed by atoms with E-state index in [-0.39, 0.29) is 0 Å². The van der Waals surface area contributed by atoms with Crippen LogP contribution < -0.4 is 0 Å². The second-order valence-corrected chi connectivity index (χ2v) is 5.40. The Labute approximate surface area is 129 Å². The van der Waals surface area contributed by atoms with Crippen molar-refractivity contribution >= 4 is 11.7 Å². The number of rotatable bonds is 4. The number of carbonyl (C=O) groups is 1. The first kappa shape index (κ1) is 14.8. The van der Waals surface area contributed by atoms with E-state index in [1.165, 1.54) is 0 Å². The van der Waals surface area contributed by atoms with Crippen LogP contribution in [0.4, 0.5) is 0 Å². The van der Waals surface area contributed by atoms with Gasteiger partial charge in [-0.25, -0.2) is 9.86 Å². The van der Waals surface area contributed by atoms with Crippen LogP contribution in [0.15, 0.2) is 41.6 Å². The van der Waals surface area contributed by atoms with Crippen LogP contribution in [0.5, 0.6) is 0 Å². The van der Waals surface area contributed by atoms with Gasteiger partial charge in [0.05, 0.1) is 17.0 Å². The number of carboxylic acids is 1. The molecule has 0 aromatic heterocycles. The summed E-state index contributed by atoms with van der Waals surface area (Å²) in [5, 5.41) is 21.3. The minimum atomic E-state index is -0.946. The van der Waals surface area contributed by atoms with E-state index < -0.39 is 18.2 Å². The average molecular weight is 301 g/mol. The number of aliphatic hydroxyl groups is 1. The van der Waals surface area contributed by atoms with Gasteiger partial charge in [0.1, 0.15) is 12.2 Å². The molecule has 2 aliphatic rings. The van der Waals surface area contributed by atoms with Gasteiger partial charge in [0, 0.05) is 5.56 Å². The molecule has 1 aromatic rings. The summed E-state index contributed by atoms with van der Waals surface area (Å²) in [7, 11) is 0. The number of aliphatic hydroxyl groups excluding tert-OH is 1. The second-order valence-electron chi connectivity index (χ2n) is 5.40. The smallest absolute Gasteiger partial charge is 0.336 e. The topological polar surface area (TPSA) is 70.0 Å². The molecule has 2 atom stereocenters. The van der Waals surface area contributed by atoms with Crippen LogP contribution in [-0.2, 0) is 9.63 Å². The molecular formula is C17H19NO4. The molecule has 116 valence electrons. The van der Waals surface area contributed by atoms with Crippen molar-refractivity contribution in [2.75, 3.05) is 0 Å². The fourth-order valence-corrected chi connectivity index (χ4v) is 3.11. The Morgan fingerprint density at radius 1 is 1.32 bits per heavy atom. The first-order valence-corrected chi connectivity index (χ1v) is 7.50. The summed E-state index contributed by atoms with van der Waals surface area (Å²) in [5.41, 5.74) is 3.37. The zero-order chi connectivity index (χ0) is 15.9. The zero-order valence-electron chi connectivity index (χ0n) is 12.6. The molecule has 22 heavy (non-hydrogen) atoms. The number of hydrogen-bond donors (Lipinski definition) is 2. The summed E-state index contributed by atoms with van der Waals surface area (Å²) in [6.45, 7) is 3.81. The minimum absolute atomic E-state index is 0.310. The molecule has 5 heteroatoms. The maximum absolute atomic E-state index is 11.6. The van der Waals surface area contributed by atoms with Crippen molar-refractivity contribution in [3.63, 3.8) is 0 Å². The molecular weight excluding hydrogens is 282 g/mol. The highest BCUT2D eigenvalue weighted by molar-refractivity contribution is 5.90. The van der Waals surface area contributed by atoms with E-state index in [1.807, 2.05) is 38.1 Å². The van der Waals surface area contributed by atoms with Crippen molar-refractivity contribution in [1.82, 2.24) is 5.06 Å². The molecule has 1 aliphatic heterocycles. The quantitative estimate of drug-likeness (QED) is 0.895. The number of benzene rings is 1. The molecule has 1 aliphatic carbocycles. The highest BCUT2D eigenvalue weighted by Crippen LogP contribution is 2.42. The van der Waals surface area contributed by atoms with Gasteiger partial charge in [0.15, 0.2) is 0 Å². The number of fused-ring (bicyclic) bond motifs is 1. The monoisotopic (exact) mass is 301 g/mol. The Balaban J connectivity index is 2.07. The normalized spacial score (nSPS) is 23.8. The molecule has 1 heterocycles.